The smallest absolute Gasteiger partial charge is 0.317 e. The average Bonchev–Trinajstić information content (AvgIpc) is 3.12. The number of aromatic nitrogens is 2. The Morgan fingerprint density at radius 3 is 2.88 bits per heavy atom. The lowest BCUT2D eigenvalue weighted by Crippen LogP contribution is -2.44. The van der Waals surface area contributed by atoms with Crippen LogP contribution >= 0.6 is 0 Å². The summed E-state index contributed by atoms with van der Waals surface area (Å²) in [6.45, 7) is 6.85. The van der Waals surface area contributed by atoms with Gasteiger partial charge in [0, 0.05) is 31.5 Å². The summed E-state index contributed by atoms with van der Waals surface area (Å²) in [6, 6.07) is 7.58. The average molecular weight is 344 g/mol. The summed E-state index contributed by atoms with van der Waals surface area (Å²) in [7, 11) is 0. The molecule has 0 unspecified atom stereocenters. The highest BCUT2D eigenvalue weighted by molar-refractivity contribution is 5.74. The van der Waals surface area contributed by atoms with Crippen molar-refractivity contribution in [3.8, 4) is 11.5 Å². The van der Waals surface area contributed by atoms with Gasteiger partial charge in [0.2, 0.25) is 0 Å². The molecule has 1 aromatic heterocycles. The van der Waals surface area contributed by atoms with Crippen molar-refractivity contribution in [3.63, 3.8) is 0 Å². The second-order valence-corrected chi connectivity index (χ2v) is 6.07. The first kappa shape index (κ1) is 17.1. The lowest BCUT2D eigenvalue weighted by Gasteiger charge is -2.25. The van der Waals surface area contributed by atoms with Gasteiger partial charge in [-0.2, -0.15) is 5.10 Å². The minimum Gasteiger partial charge on any atom is -0.486 e. The molecule has 2 amide bonds. The maximum absolute atomic E-state index is 12.5. The summed E-state index contributed by atoms with van der Waals surface area (Å²) in [5.41, 5.74) is 1.01. The molecule has 0 saturated carbocycles. The third-order valence-corrected chi connectivity index (χ3v) is 4.04. The molecule has 2 heterocycles. The number of hydrogen-bond acceptors (Lipinski definition) is 4. The molecule has 7 heteroatoms. The summed E-state index contributed by atoms with van der Waals surface area (Å²) in [4.78, 5) is 14.3. The second kappa shape index (κ2) is 7.92. The summed E-state index contributed by atoms with van der Waals surface area (Å²) in [6.07, 6.45) is 3.62. The van der Waals surface area contributed by atoms with Gasteiger partial charge in [-0.1, -0.05) is 6.07 Å². The molecular formula is C18H24N4O3. The van der Waals surface area contributed by atoms with Gasteiger partial charge < -0.3 is 19.7 Å². The van der Waals surface area contributed by atoms with Gasteiger partial charge in [-0.05, 0) is 37.6 Å². The van der Waals surface area contributed by atoms with Gasteiger partial charge in [0.15, 0.2) is 11.5 Å². The molecular weight excluding hydrogens is 320 g/mol. The molecule has 1 aliphatic rings. The number of hydrogen-bond donors (Lipinski definition) is 1. The van der Waals surface area contributed by atoms with E-state index in [0.717, 1.165) is 17.1 Å². The molecule has 0 radical (unpaired) electrons. The minimum absolute atomic E-state index is 0.0123. The quantitative estimate of drug-likeness (QED) is 0.873. The Bertz CT molecular complexity index is 702. The van der Waals surface area contributed by atoms with Gasteiger partial charge in [0.1, 0.15) is 13.2 Å². The fraction of sp³-hybridized carbons (Fsp3) is 0.444. The Kier molecular flexibility index (Phi) is 5.42. The first-order chi connectivity index (χ1) is 12.2. The van der Waals surface area contributed by atoms with Crippen molar-refractivity contribution < 1.29 is 14.3 Å². The van der Waals surface area contributed by atoms with E-state index in [0.29, 0.717) is 32.8 Å². The standard InChI is InChI=1S/C18H24N4O3/c1-3-21(18(23)20-14(2)12-22-8-4-7-19-22)13-15-5-6-16-17(11-15)25-10-9-24-16/h4-8,11,14H,3,9-10,12-13H2,1-2H3,(H,20,23)/t14-/m0/s1. The molecule has 25 heavy (non-hydrogen) atoms. The van der Waals surface area contributed by atoms with Crippen molar-refractivity contribution in [2.24, 2.45) is 0 Å². The van der Waals surface area contributed by atoms with Gasteiger partial charge in [-0.3, -0.25) is 4.68 Å². The molecule has 7 nitrogen and oxygen atoms in total. The molecule has 0 aliphatic carbocycles. The van der Waals surface area contributed by atoms with Crippen LogP contribution in [-0.2, 0) is 13.1 Å². The largest absolute Gasteiger partial charge is 0.486 e. The Morgan fingerprint density at radius 2 is 2.16 bits per heavy atom. The molecule has 2 aromatic rings. The van der Waals surface area contributed by atoms with E-state index in [1.165, 1.54) is 0 Å². The third kappa shape index (κ3) is 4.43. The van der Waals surface area contributed by atoms with E-state index >= 15 is 0 Å². The van der Waals surface area contributed by atoms with E-state index in [-0.39, 0.29) is 12.1 Å². The Labute approximate surface area is 147 Å². The second-order valence-electron chi connectivity index (χ2n) is 6.07. The molecule has 0 spiro atoms. The fourth-order valence-corrected chi connectivity index (χ4v) is 2.77. The molecule has 3 rings (SSSR count). The lowest BCUT2D eigenvalue weighted by atomic mass is 10.2. The molecule has 0 saturated heterocycles. The molecule has 1 atom stereocenters. The van der Waals surface area contributed by atoms with Gasteiger partial charge in [0.05, 0.1) is 6.54 Å². The van der Waals surface area contributed by atoms with Crippen LogP contribution in [0.1, 0.15) is 19.4 Å². The van der Waals surface area contributed by atoms with Gasteiger partial charge in [-0.25, -0.2) is 4.79 Å². The van der Waals surface area contributed by atoms with Crippen LogP contribution in [0.25, 0.3) is 0 Å². The van der Waals surface area contributed by atoms with Crippen LogP contribution in [0.4, 0.5) is 4.79 Å². The minimum atomic E-state index is -0.0861. The van der Waals surface area contributed by atoms with Gasteiger partial charge >= 0.3 is 6.03 Å². The molecule has 134 valence electrons. The zero-order valence-corrected chi connectivity index (χ0v) is 14.6. The maximum atomic E-state index is 12.5. The van der Waals surface area contributed by atoms with Crippen LogP contribution in [0.3, 0.4) is 0 Å². The first-order valence-corrected chi connectivity index (χ1v) is 8.57. The van der Waals surface area contributed by atoms with Crippen LogP contribution in [0.15, 0.2) is 36.7 Å². The SMILES string of the molecule is CCN(Cc1ccc2c(c1)OCCO2)C(=O)N[C@@H](C)Cn1cccn1. The number of rotatable bonds is 6. The molecule has 0 bridgehead atoms. The van der Waals surface area contributed by atoms with E-state index in [9.17, 15) is 4.79 Å². The van der Waals surface area contributed by atoms with E-state index in [2.05, 4.69) is 10.4 Å². The van der Waals surface area contributed by atoms with Gasteiger partial charge in [-0.15, -0.1) is 0 Å². The Balaban J connectivity index is 1.58. The highest BCUT2D eigenvalue weighted by Crippen LogP contribution is 2.31. The van der Waals surface area contributed by atoms with E-state index < -0.39 is 0 Å². The predicted molar refractivity (Wildman–Crippen MR) is 93.7 cm³/mol. The number of carbonyl (C=O) groups excluding carboxylic acids is 1. The van der Waals surface area contributed by atoms with Crippen LogP contribution in [0.5, 0.6) is 11.5 Å². The normalized spacial score (nSPS) is 14.0. The highest BCUT2D eigenvalue weighted by atomic mass is 16.6. The maximum Gasteiger partial charge on any atom is 0.317 e. The third-order valence-electron chi connectivity index (χ3n) is 4.04. The van der Waals surface area contributed by atoms with E-state index in [4.69, 9.17) is 9.47 Å². The van der Waals surface area contributed by atoms with E-state index in [1.54, 1.807) is 11.1 Å². The van der Waals surface area contributed by atoms with Crippen molar-refractivity contribution in [3.05, 3.63) is 42.2 Å². The Morgan fingerprint density at radius 1 is 1.36 bits per heavy atom. The number of benzene rings is 1. The van der Waals surface area contributed by atoms with Crippen LogP contribution in [0.2, 0.25) is 0 Å². The number of urea groups is 1. The first-order valence-electron chi connectivity index (χ1n) is 8.57. The van der Waals surface area contributed by atoms with Gasteiger partial charge in [0.25, 0.3) is 0 Å². The molecule has 1 aliphatic heterocycles. The van der Waals surface area contributed by atoms with E-state index in [1.807, 2.05) is 49.0 Å². The molecule has 1 aromatic carbocycles. The molecule has 1 N–H and O–H groups in total. The summed E-state index contributed by atoms with van der Waals surface area (Å²) < 4.78 is 13.0. The number of fused-ring (bicyclic) bond motifs is 1. The summed E-state index contributed by atoms with van der Waals surface area (Å²) in [5, 5.41) is 7.19. The topological polar surface area (TPSA) is 68.6 Å². The fourth-order valence-electron chi connectivity index (χ4n) is 2.77. The number of carbonyl (C=O) groups is 1. The Hall–Kier alpha value is -2.70. The number of ether oxygens (including phenoxy) is 2. The van der Waals surface area contributed by atoms with Crippen molar-refractivity contribution >= 4 is 6.03 Å². The zero-order chi connectivity index (χ0) is 17.6. The zero-order valence-electron chi connectivity index (χ0n) is 14.6. The van der Waals surface area contributed by atoms with Crippen LogP contribution < -0.4 is 14.8 Å². The monoisotopic (exact) mass is 344 g/mol. The van der Waals surface area contributed by atoms with Crippen LogP contribution in [-0.4, -0.2) is 46.5 Å². The summed E-state index contributed by atoms with van der Waals surface area (Å²) >= 11 is 0. The summed E-state index contributed by atoms with van der Waals surface area (Å²) in [5.74, 6) is 1.50. The van der Waals surface area contributed by atoms with Crippen molar-refractivity contribution in [2.45, 2.75) is 33.0 Å². The van der Waals surface area contributed by atoms with Crippen molar-refractivity contribution in [1.82, 2.24) is 20.0 Å². The highest BCUT2D eigenvalue weighted by Gasteiger charge is 2.17. The number of nitrogens with zero attached hydrogens (tertiary/aromatic N) is 3. The number of amides is 2. The van der Waals surface area contributed by atoms with Crippen molar-refractivity contribution in [2.75, 3.05) is 19.8 Å². The lowest BCUT2D eigenvalue weighted by molar-refractivity contribution is 0.171. The van der Waals surface area contributed by atoms with Crippen LogP contribution in [0, 0.1) is 0 Å². The predicted octanol–water partition coefficient (Wildman–Crippen LogP) is 2.27. The molecule has 0 fully saturated rings. The van der Waals surface area contributed by atoms with Crippen molar-refractivity contribution in [1.29, 1.82) is 0 Å². The number of nitrogens with one attached hydrogen (secondary N) is 1.